The van der Waals surface area contributed by atoms with Crippen LogP contribution in [-0.4, -0.2) is 51.1 Å². The van der Waals surface area contributed by atoms with Crippen molar-refractivity contribution in [3.05, 3.63) is 69.1 Å². The van der Waals surface area contributed by atoms with E-state index in [1.54, 1.807) is 73.1 Å². The monoisotopic (exact) mass is 823 g/mol. The third-order valence-electron chi connectivity index (χ3n) is 7.22. The third-order valence-corrected chi connectivity index (χ3v) is 10.9. The number of hydrogen-bond acceptors (Lipinski definition) is 3. The molecular formula is C38H68Cl2O3PRuTi. The quantitative estimate of drug-likeness (QED) is 0.185. The summed E-state index contributed by atoms with van der Waals surface area (Å²) in [6, 6.07) is 0. The molecular weight excluding hydrogens is 755 g/mol. The minimum absolute atomic E-state index is 0. The van der Waals surface area contributed by atoms with E-state index < -0.39 is 0 Å². The Labute approximate surface area is 321 Å². The van der Waals surface area contributed by atoms with Crippen LogP contribution in [0, 0.1) is 75.0 Å². The van der Waals surface area contributed by atoms with Gasteiger partial charge in [0.25, 0.3) is 0 Å². The maximum atomic E-state index is 8.06. The van der Waals surface area contributed by atoms with Crippen molar-refractivity contribution in [1.29, 1.82) is 0 Å². The molecule has 0 unspecified atom stereocenters. The zero-order valence-corrected chi connectivity index (χ0v) is 36.2. The topological polar surface area (TPSA) is 60.7 Å². The summed E-state index contributed by atoms with van der Waals surface area (Å²) in [4.78, 5) is 0. The summed E-state index contributed by atoms with van der Waals surface area (Å²) in [6.45, 7) is 16.9. The summed E-state index contributed by atoms with van der Waals surface area (Å²) < 4.78 is 0. The van der Waals surface area contributed by atoms with Gasteiger partial charge in [0.15, 0.2) is 0 Å². The van der Waals surface area contributed by atoms with Crippen LogP contribution in [0.25, 0.3) is 0 Å². The summed E-state index contributed by atoms with van der Waals surface area (Å²) in [7, 11) is 10.0. The number of aliphatic hydroxyl groups excluding tert-OH is 3. The van der Waals surface area contributed by atoms with Gasteiger partial charge in [0.1, 0.15) is 0 Å². The fraction of sp³-hybridized carbons (Fsp3) is 0.711. The molecule has 4 saturated carbocycles. The second-order valence-corrected chi connectivity index (χ2v) is 18.8. The molecule has 46 heavy (non-hydrogen) atoms. The van der Waals surface area contributed by atoms with Crippen LogP contribution >= 0.6 is 27.3 Å². The van der Waals surface area contributed by atoms with E-state index >= 15 is 0 Å². The molecule has 8 heteroatoms. The summed E-state index contributed by atoms with van der Waals surface area (Å²) in [6.07, 6.45) is 35.5. The Morgan fingerprint density at radius 2 is 0.978 bits per heavy atom. The Bertz CT molecular complexity index is 552. The summed E-state index contributed by atoms with van der Waals surface area (Å²) >= 11 is -0.346. The Morgan fingerprint density at radius 3 is 1.28 bits per heavy atom. The molecule has 4 fully saturated rings. The molecule has 0 aromatic rings. The molecule has 4 aliphatic carbocycles. The van der Waals surface area contributed by atoms with Crippen molar-refractivity contribution in [2.45, 2.75) is 163 Å². The molecule has 0 aromatic carbocycles. The number of rotatable bonds is 6. The molecule has 3 N–H and O–H groups in total. The van der Waals surface area contributed by atoms with E-state index in [1.165, 1.54) is 62.9 Å². The van der Waals surface area contributed by atoms with Gasteiger partial charge in [-0.25, -0.2) is 0 Å². The van der Waals surface area contributed by atoms with Crippen LogP contribution < -0.4 is 0 Å². The molecule has 0 spiro atoms. The average molecular weight is 824 g/mol. The van der Waals surface area contributed by atoms with Crippen molar-refractivity contribution < 1.29 is 52.2 Å². The normalized spacial score (nSPS) is 20.0. The summed E-state index contributed by atoms with van der Waals surface area (Å²) in [5.74, 6) is 5.00. The van der Waals surface area contributed by atoms with Gasteiger partial charge in [-0.1, -0.05) is 59.3 Å². The molecule has 0 saturated heterocycles. The second kappa shape index (κ2) is 35.6. The average Bonchev–Trinajstić information content (AvgIpc) is 3.48. The second-order valence-electron chi connectivity index (χ2n) is 13.3. The Balaban J connectivity index is -0.000000595. The van der Waals surface area contributed by atoms with Gasteiger partial charge in [0, 0.05) is 40.0 Å². The smallest absolute Gasteiger partial charge is 0 e. The van der Waals surface area contributed by atoms with Gasteiger partial charge in [0.2, 0.25) is 0 Å². The minimum atomic E-state index is -0.346. The van der Waals surface area contributed by atoms with Crippen molar-refractivity contribution in [3.63, 3.8) is 0 Å². The molecule has 0 aromatic heterocycles. The van der Waals surface area contributed by atoms with E-state index in [9.17, 15) is 0 Å². The number of hydrogen-bond donors (Lipinski definition) is 3. The fourth-order valence-electron chi connectivity index (χ4n) is 5.28. The van der Waals surface area contributed by atoms with E-state index in [0.717, 1.165) is 11.3 Å². The predicted octanol–water partition coefficient (Wildman–Crippen LogP) is 11.1. The molecule has 4 aliphatic rings. The van der Waals surface area contributed by atoms with Crippen molar-refractivity contribution in [2.24, 2.45) is 5.92 Å². The first kappa shape index (κ1) is 52.6. The van der Waals surface area contributed by atoms with Crippen molar-refractivity contribution in [3.8, 4) is 0 Å². The zero-order chi connectivity index (χ0) is 34.6. The van der Waals surface area contributed by atoms with Crippen molar-refractivity contribution in [1.82, 2.24) is 0 Å². The van der Waals surface area contributed by atoms with E-state index in [-0.39, 0.29) is 55.2 Å². The van der Waals surface area contributed by atoms with E-state index in [1.807, 2.05) is 0 Å². The molecule has 3 nitrogen and oxygen atoms in total. The van der Waals surface area contributed by atoms with Crippen LogP contribution in [0.1, 0.15) is 133 Å². The van der Waals surface area contributed by atoms with Crippen LogP contribution in [-0.2, 0) is 36.9 Å². The van der Waals surface area contributed by atoms with Gasteiger partial charge in [-0.2, -0.15) is 0 Å². The first-order chi connectivity index (χ1) is 21.2. The van der Waals surface area contributed by atoms with Crippen molar-refractivity contribution >= 4 is 27.3 Å². The van der Waals surface area contributed by atoms with Crippen LogP contribution in [0.2, 0.25) is 0 Å². The summed E-state index contributed by atoms with van der Waals surface area (Å²) in [5.41, 5.74) is 2.24. The molecule has 4 rings (SSSR count). The molecule has 11 radical (unpaired) electrons. The number of halogens is 2. The molecule has 0 heterocycles. The van der Waals surface area contributed by atoms with Gasteiger partial charge < -0.3 is 15.3 Å². The van der Waals surface area contributed by atoms with Gasteiger partial charge in [-0.3, -0.25) is 0 Å². The maximum Gasteiger partial charge on any atom is 0 e. The minimum Gasteiger partial charge on any atom is 0 e. The molecule has 269 valence electrons. The first-order valence-corrected chi connectivity index (χ1v) is 23.3. The van der Waals surface area contributed by atoms with E-state index in [0.29, 0.717) is 13.8 Å². The zero-order valence-electron chi connectivity index (χ0n) is 30.5. The van der Waals surface area contributed by atoms with Crippen molar-refractivity contribution in [2.75, 3.05) is 6.16 Å². The van der Waals surface area contributed by atoms with Gasteiger partial charge in [-0.05, 0) is 166 Å². The van der Waals surface area contributed by atoms with Gasteiger partial charge in [0.05, 0.1) is 0 Å². The molecule has 0 atom stereocenters. The Kier molecular flexibility index (Phi) is 40.7. The van der Waals surface area contributed by atoms with Crippen LogP contribution in [0.5, 0.6) is 0 Å². The number of aliphatic hydroxyl groups is 3. The maximum absolute atomic E-state index is 8.06. The molecule has 0 bridgehead atoms. The van der Waals surface area contributed by atoms with Gasteiger partial charge >= 0.3 is 34.5 Å². The van der Waals surface area contributed by atoms with E-state index in [4.69, 9.17) is 34.7 Å². The van der Waals surface area contributed by atoms with Crippen LogP contribution in [0.4, 0.5) is 0 Å². The van der Waals surface area contributed by atoms with E-state index in [2.05, 4.69) is 72.1 Å². The standard InChI is InChI=1S/C19H30P.C10H14.3C3H8O.2ClH.Ru.Ti/c1-3-11-18(12-4-1)20(19-13-5-2-6-14-19)16-15-17-9-7-8-10-17;1-8(2)10-6-4-9(3)5-7-10;3*1-3(2)4;;;;/h7-10,18-19H,1-6,11-16H2;4-8H,1-3H3;3*3-4H,1-2H3;2*1H;;/q;;;;;;;+2;/p-2. The summed E-state index contributed by atoms with van der Waals surface area (Å²) in [5, 5.41) is 24.2. The fourth-order valence-corrected chi connectivity index (χ4v) is 9.18. The molecule has 0 amide bonds. The first-order valence-electron chi connectivity index (χ1n) is 17.2. The Hall–Kier alpha value is 2.23. The third kappa shape index (κ3) is 34.7. The Morgan fingerprint density at radius 1 is 0.652 bits per heavy atom. The predicted molar refractivity (Wildman–Crippen MR) is 199 cm³/mol. The van der Waals surface area contributed by atoms with Gasteiger partial charge in [-0.15, -0.1) is 7.92 Å². The largest absolute Gasteiger partial charge is 0 e. The van der Waals surface area contributed by atoms with Crippen LogP contribution in [0.3, 0.4) is 0 Å². The molecule has 0 aliphatic heterocycles. The SMILES string of the molecule is CC(C)O.CC(C)O.CC(C)O.C[C]1[CH][CH][C](C(C)C)[CH][CH]1.[CH]1[CH][CH][C](CCP(C2CCCCC2)C2CCCCC2)[CH]1.[Cl][Ru][Cl].[Ti]. The van der Waals surface area contributed by atoms with Crippen LogP contribution in [0.15, 0.2) is 0 Å².